The van der Waals surface area contributed by atoms with Crippen molar-refractivity contribution in [1.82, 2.24) is 10.3 Å². The Bertz CT molecular complexity index is 375. The molecule has 0 aromatic rings. The Morgan fingerprint density at radius 2 is 2.05 bits per heavy atom. The number of rotatable bonds is 4. The number of aliphatic hydroxyl groups excluding tert-OH is 1. The van der Waals surface area contributed by atoms with E-state index in [4.69, 9.17) is 5.11 Å². The summed E-state index contributed by atoms with van der Waals surface area (Å²) in [6, 6.07) is 0.203. The van der Waals surface area contributed by atoms with E-state index in [-0.39, 0.29) is 24.5 Å². The van der Waals surface area contributed by atoms with Gasteiger partial charge in [-0.25, -0.2) is 5.43 Å². The maximum Gasteiger partial charge on any atom is 0.270 e. The van der Waals surface area contributed by atoms with Crippen LogP contribution in [0.1, 0.15) is 44.9 Å². The van der Waals surface area contributed by atoms with Crippen LogP contribution in [0.15, 0.2) is 5.10 Å². The molecule has 0 aromatic carbocycles. The van der Waals surface area contributed by atoms with Gasteiger partial charge in [0.15, 0.2) is 0 Å². The third-order valence-electron chi connectivity index (χ3n) is 3.77. The molecule has 0 radical (unpaired) electrons. The van der Waals surface area contributed by atoms with Crippen molar-refractivity contribution in [3.8, 4) is 0 Å². The fourth-order valence-electron chi connectivity index (χ4n) is 2.74. The van der Waals surface area contributed by atoms with E-state index in [0.717, 1.165) is 25.7 Å². The number of hydrogen-bond acceptors (Lipinski definition) is 4. The minimum absolute atomic E-state index is 0.0398. The number of carbonyl (C=O) groups excluding carboxylic acids is 2. The molecule has 2 aliphatic rings. The van der Waals surface area contributed by atoms with Gasteiger partial charge in [0, 0.05) is 25.4 Å². The lowest BCUT2D eigenvalue weighted by Crippen LogP contribution is -2.47. The van der Waals surface area contributed by atoms with Gasteiger partial charge in [0.25, 0.3) is 5.91 Å². The van der Waals surface area contributed by atoms with E-state index in [1.54, 1.807) is 4.90 Å². The standard InChI is InChI=1S/C13H21N3O3/c17-9-8-16(10-4-2-1-3-5-10)13(19)11-6-7-12(18)15-14-11/h10,17H,1-9H2,(H,15,18). The van der Waals surface area contributed by atoms with Crippen molar-refractivity contribution < 1.29 is 14.7 Å². The van der Waals surface area contributed by atoms with E-state index < -0.39 is 0 Å². The van der Waals surface area contributed by atoms with Crippen LogP contribution in [0.2, 0.25) is 0 Å². The third-order valence-corrected chi connectivity index (χ3v) is 3.77. The van der Waals surface area contributed by atoms with Gasteiger partial charge in [-0.15, -0.1) is 0 Å². The lowest BCUT2D eigenvalue weighted by atomic mass is 9.93. The van der Waals surface area contributed by atoms with Gasteiger partial charge < -0.3 is 10.0 Å². The maximum absolute atomic E-state index is 12.4. The quantitative estimate of drug-likeness (QED) is 0.774. The van der Waals surface area contributed by atoms with E-state index >= 15 is 0 Å². The lowest BCUT2D eigenvalue weighted by molar-refractivity contribution is -0.127. The second-order valence-electron chi connectivity index (χ2n) is 5.11. The Balaban J connectivity index is 2.05. The Morgan fingerprint density at radius 1 is 1.32 bits per heavy atom. The van der Waals surface area contributed by atoms with Crippen LogP contribution in [0.4, 0.5) is 0 Å². The van der Waals surface area contributed by atoms with E-state index in [0.29, 0.717) is 25.1 Å². The topological polar surface area (TPSA) is 82.0 Å². The molecule has 1 heterocycles. The number of carbonyl (C=O) groups is 2. The SMILES string of the molecule is O=C1CCC(C(=O)N(CCO)C2CCCCC2)=NN1. The van der Waals surface area contributed by atoms with Gasteiger partial charge in [-0.3, -0.25) is 9.59 Å². The molecule has 0 unspecified atom stereocenters. The number of amides is 2. The van der Waals surface area contributed by atoms with Crippen molar-refractivity contribution in [2.45, 2.75) is 51.0 Å². The Hall–Kier alpha value is -1.43. The summed E-state index contributed by atoms with van der Waals surface area (Å²) in [6.07, 6.45) is 6.15. The zero-order valence-corrected chi connectivity index (χ0v) is 11.1. The summed E-state index contributed by atoms with van der Waals surface area (Å²) in [4.78, 5) is 25.2. The van der Waals surface area contributed by atoms with E-state index in [1.165, 1.54) is 6.42 Å². The van der Waals surface area contributed by atoms with Crippen molar-refractivity contribution in [2.75, 3.05) is 13.2 Å². The first-order chi connectivity index (χ1) is 9.22. The zero-order valence-electron chi connectivity index (χ0n) is 11.1. The molecule has 0 bridgehead atoms. The molecule has 6 nitrogen and oxygen atoms in total. The summed E-state index contributed by atoms with van der Waals surface area (Å²) < 4.78 is 0. The second-order valence-corrected chi connectivity index (χ2v) is 5.11. The van der Waals surface area contributed by atoms with Crippen molar-refractivity contribution in [3.05, 3.63) is 0 Å². The predicted octanol–water partition coefficient (Wildman–Crippen LogP) is 0.406. The Labute approximate surface area is 112 Å². The summed E-state index contributed by atoms with van der Waals surface area (Å²) >= 11 is 0. The van der Waals surface area contributed by atoms with Gasteiger partial charge in [-0.05, 0) is 12.8 Å². The highest BCUT2D eigenvalue weighted by atomic mass is 16.3. The molecule has 2 N–H and O–H groups in total. The highest BCUT2D eigenvalue weighted by Gasteiger charge is 2.29. The number of nitrogens with one attached hydrogen (secondary N) is 1. The molecular formula is C13H21N3O3. The summed E-state index contributed by atoms with van der Waals surface area (Å²) in [7, 11) is 0. The second kappa shape index (κ2) is 6.65. The number of hydrogen-bond donors (Lipinski definition) is 2. The molecule has 2 amide bonds. The monoisotopic (exact) mass is 267 g/mol. The molecule has 0 saturated heterocycles. The smallest absolute Gasteiger partial charge is 0.270 e. The average Bonchev–Trinajstić information content (AvgIpc) is 2.46. The Kier molecular flexibility index (Phi) is 4.90. The first-order valence-corrected chi connectivity index (χ1v) is 6.99. The zero-order chi connectivity index (χ0) is 13.7. The molecule has 0 spiro atoms. The number of nitrogens with zero attached hydrogens (tertiary/aromatic N) is 2. The maximum atomic E-state index is 12.4. The molecule has 1 aliphatic carbocycles. The van der Waals surface area contributed by atoms with Crippen LogP contribution >= 0.6 is 0 Å². The lowest BCUT2D eigenvalue weighted by Gasteiger charge is -2.34. The molecule has 1 aliphatic heterocycles. The van der Waals surface area contributed by atoms with Crippen LogP contribution in [-0.2, 0) is 9.59 Å². The van der Waals surface area contributed by atoms with Crippen molar-refractivity contribution in [1.29, 1.82) is 0 Å². The summed E-state index contributed by atoms with van der Waals surface area (Å²) in [5.74, 6) is -0.288. The van der Waals surface area contributed by atoms with Gasteiger partial charge in [-0.1, -0.05) is 19.3 Å². The van der Waals surface area contributed by atoms with Gasteiger partial charge in [0.2, 0.25) is 5.91 Å². The van der Waals surface area contributed by atoms with Gasteiger partial charge in [-0.2, -0.15) is 5.10 Å². The molecule has 1 saturated carbocycles. The molecule has 6 heteroatoms. The van der Waals surface area contributed by atoms with E-state index in [9.17, 15) is 9.59 Å². The normalized spacial score (nSPS) is 20.7. The number of aliphatic hydroxyl groups is 1. The Morgan fingerprint density at radius 3 is 2.63 bits per heavy atom. The molecule has 0 atom stereocenters. The fourth-order valence-corrected chi connectivity index (χ4v) is 2.74. The van der Waals surface area contributed by atoms with Gasteiger partial charge >= 0.3 is 0 Å². The highest BCUT2D eigenvalue weighted by molar-refractivity contribution is 6.39. The molecule has 0 aromatic heterocycles. The third kappa shape index (κ3) is 3.53. The number of hydrazone groups is 1. The fraction of sp³-hybridized carbons (Fsp3) is 0.769. The van der Waals surface area contributed by atoms with Crippen LogP contribution < -0.4 is 5.43 Å². The van der Waals surface area contributed by atoms with Gasteiger partial charge in [0.1, 0.15) is 5.71 Å². The first kappa shape index (κ1) is 14.0. The molecule has 19 heavy (non-hydrogen) atoms. The van der Waals surface area contributed by atoms with Crippen LogP contribution in [0.25, 0.3) is 0 Å². The highest BCUT2D eigenvalue weighted by Crippen LogP contribution is 2.23. The average molecular weight is 267 g/mol. The molecule has 2 rings (SSSR count). The minimum atomic E-state index is -0.150. The molecule has 106 valence electrons. The largest absolute Gasteiger partial charge is 0.395 e. The van der Waals surface area contributed by atoms with E-state index in [2.05, 4.69) is 10.5 Å². The van der Waals surface area contributed by atoms with Crippen molar-refractivity contribution in [3.63, 3.8) is 0 Å². The van der Waals surface area contributed by atoms with E-state index in [1.807, 2.05) is 0 Å². The summed E-state index contributed by atoms with van der Waals surface area (Å²) in [5.41, 5.74) is 2.75. The van der Waals surface area contributed by atoms with Crippen molar-refractivity contribution in [2.24, 2.45) is 5.10 Å². The first-order valence-electron chi connectivity index (χ1n) is 6.99. The van der Waals surface area contributed by atoms with Gasteiger partial charge in [0.05, 0.1) is 6.61 Å². The predicted molar refractivity (Wildman–Crippen MR) is 70.5 cm³/mol. The summed E-state index contributed by atoms with van der Waals surface area (Å²) in [5, 5.41) is 13.0. The summed E-state index contributed by atoms with van der Waals surface area (Å²) in [6.45, 7) is 0.304. The minimum Gasteiger partial charge on any atom is -0.395 e. The van der Waals surface area contributed by atoms with Crippen LogP contribution in [0.3, 0.4) is 0 Å². The van der Waals surface area contributed by atoms with Crippen LogP contribution in [0, 0.1) is 0 Å². The van der Waals surface area contributed by atoms with Crippen LogP contribution in [-0.4, -0.2) is 46.7 Å². The molecular weight excluding hydrogens is 246 g/mol. The molecule has 1 fully saturated rings. The van der Waals surface area contributed by atoms with Crippen molar-refractivity contribution >= 4 is 17.5 Å². The van der Waals surface area contributed by atoms with Crippen LogP contribution in [0.5, 0.6) is 0 Å².